The Kier molecular flexibility index (Phi) is 5.36. The van der Waals surface area contributed by atoms with Crippen molar-refractivity contribution >= 4 is 17.6 Å². The zero-order valence-corrected chi connectivity index (χ0v) is 13.0. The van der Waals surface area contributed by atoms with Crippen LogP contribution in [0.3, 0.4) is 0 Å². The van der Waals surface area contributed by atoms with Gasteiger partial charge in [-0.3, -0.25) is 9.59 Å². The van der Waals surface area contributed by atoms with Crippen molar-refractivity contribution < 1.29 is 19.1 Å². The number of esters is 1. The first kappa shape index (κ1) is 16.6. The van der Waals surface area contributed by atoms with Gasteiger partial charge in [0.1, 0.15) is 12.2 Å². The Hall–Kier alpha value is -2.81. The van der Waals surface area contributed by atoms with Crippen LogP contribution < -0.4 is 5.32 Å². The molecule has 2 rings (SSSR count). The number of carbonyl (C=O) groups is 2. The lowest BCUT2D eigenvalue weighted by atomic mass is 9.93. The molecular weight excluding hydrogens is 296 g/mol. The molecule has 0 fully saturated rings. The summed E-state index contributed by atoms with van der Waals surface area (Å²) in [5.74, 6) is -0.893. The van der Waals surface area contributed by atoms with E-state index in [4.69, 9.17) is 14.7 Å². The normalized spacial score (nSPS) is 19.8. The van der Waals surface area contributed by atoms with Crippen molar-refractivity contribution in [3.63, 3.8) is 0 Å². The highest BCUT2D eigenvalue weighted by molar-refractivity contribution is 5.88. The highest BCUT2D eigenvalue weighted by atomic mass is 16.5. The van der Waals surface area contributed by atoms with Crippen LogP contribution in [0.4, 0.5) is 5.69 Å². The van der Waals surface area contributed by atoms with Gasteiger partial charge in [-0.2, -0.15) is 5.26 Å². The van der Waals surface area contributed by atoms with E-state index in [1.54, 1.807) is 31.2 Å². The molecule has 0 spiro atoms. The first-order valence-corrected chi connectivity index (χ1v) is 7.36. The number of nitriles is 1. The monoisotopic (exact) mass is 314 g/mol. The minimum atomic E-state index is -0.502. The molecule has 2 unspecified atom stereocenters. The average molecular weight is 314 g/mol. The van der Waals surface area contributed by atoms with Gasteiger partial charge in [-0.25, -0.2) is 0 Å². The summed E-state index contributed by atoms with van der Waals surface area (Å²) in [6, 6.07) is 9.06. The number of amides is 1. The number of anilines is 1. The molecule has 1 aliphatic heterocycles. The van der Waals surface area contributed by atoms with E-state index in [-0.39, 0.29) is 17.6 Å². The minimum Gasteiger partial charge on any atom is -0.476 e. The molecular formula is C17H18N2O4. The molecule has 1 aromatic rings. The Labute approximate surface area is 134 Å². The van der Waals surface area contributed by atoms with E-state index in [2.05, 4.69) is 5.32 Å². The third-order valence-corrected chi connectivity index (χ3v) is 3.39. The molecule has 1 aromatic carbocycles. The van der Waals surface area contributed by atoms with Crippen LogP contribution in [-0.4, -0.2) is 18.5 Å². The number of hydrogen-bond donors (Lipinski definition) is 1. The van der Waals surface area contributed by atoms with Crippen molar-refractivity contribution in [3.8, 4) is 6.07 Å². The number of ether oxygens (including phenoxy) is 2. The van der Waals surface area contributed by atoms with Crippen LogP contribution in [0.5, 0.6) is 0 Å². The summed E-state index contributed by atoms with van der Waals surface area (Å²) in [6.07, 6.45) is 1.50. The molecule has 1 N–H and O–H groups in total. The van der Waals surface area contributed by atoms with Crippen LogP contribution in [0.25, 0.3) is 0 Å². The van der Waals surface area contributed by atoms with E-state index in [0.717, 1.165) is 5.56 Å². The lowest BCUT2D eigenvalue weighted by Crippen LogP contribution is -2.23. The van der Waals surface area contributed by atoms with Crippen LogP contribution in [0.15, 0.2) is 36.1 Å². The second kappa shape index (κ2) is 7.45. The molecule has 1 aliphatic rings. The Bertz CT molecular complexity index is 658. The average Bonchev–Trinajstić information content (AvgIpc) is 2.54. The van der Waals surface area contributed by atoms with Crippen molar-refractivity contribution in [2.24, 2.45) is 5.92 Å². The van der Waals surface area contributed by atoms with Crippen molar-refractivity contribution in [3.05, 3.63) is 41.7 Å². The van der Waals surface area contributed by atoms with Crippen LogP contribution in [-0.2, 0) is 19.1 Å². The molecule has 0 aromatic heterocycles. The molecule has 0 radical (unpaired) electrons. The summed E-state index contributed by atoms with van der Waals surface area (Å²) < 4.78 is 10.6. The summed E-state index contributed by atoms with van der Waals surface area (Å²) >= 11 is 0. The molecule has 23 heavy (non-hydrogen) atoms. The number of nitrogens with zero attached hydrogens (tertiary/aromatic N) is 1. The van der Waals surface area contributed by atoms with Crippen molar-refractivity contribution in [1.29, 1.82) is 5.26 Å². The van der Waals surface area contributed by atoms with E-state index in [9.17, 15) is 9.59 Å². The number of allylic oxidation sites excluding steroid dienone is 1. The molecule has 0 aliphatic carbocycles. The number of nitrogens with one attached hydrogen (secondary N) is 1. The fourth-order valence-corrected chi connectivity index (χ4v) is 2.39. The number of hydrogen-bond acceptors (Lipinski definition) is 5. The zero-order valence-electron chi connectivity index (χ0n) is 13.0. The maximum absolute atomic E-state index is 11.9. The highest BCUT2D eigenvalue weighted by Gasteiger charge is 2.30. The molecule has 0 saturated carbocycles. The SMILES string of the molecule is CCOC(=O)C1C=C(C#N)OC(c2ccc(NC(C)=O)cc2)C1. The quantitative estimate of drug-likeness (QED) is 0.863. The first-order valence-electron chi connectivity index (χ1n) is 7.36. The predicted octanol–water partition coefficient (Wildman–Crippen LogP) is 2.69. The van der Waals surface area contributed by atoms with E-state index < -0.39 is 12.0 Å². The van der Waals surface area contributed by atoms with Gasteiger partial charge in [0, 0.05) is 19.0 Å². The number of rotatable bonds is 4. The van der Waals surface area contributed by atoms with E-state index in [1.807, 2.05) is 6.07 Å². The van der Waals surface area contributed by atoms with E-state index in [0.29, 0.717) is 18.7 Å². The standard InChI is InChI=1S/C17H18N2O4/c1-3-22-17(21)13-8-15(10-18)23-16(9-13)12-4-6-14(7-5-12)19-11(2)20/h4-8,13,16H,3,9H2,1-2H3,(H,19,20). The van der Waals surface area contributed by atoms with Crippen molar-refractivity contribution in [2.75, 3.05) is 11.9 Å². The third-order valence-electron chi connectivity index (χ3n) is 3.39. The molecule has 0 saturated heterocycles. The van der Waals surface area contributed by atoms with Gasteiger partial charge in [-0.05, 0) is 30.7 Å². The Morgan fingerprint density at radius 3 is 2.65 bits per heavy atom. The van der Waals surface area contributed by atoms with Crippen LogP contribution in [0.1, 0.15) is 31.9 Å². The van der Waals surface area contributed by atoms with Crippen LogP contribution in [0, 0.1) is 17.2 Å². The highest BCUT2D eigenvalue weighted by Crippen LogP contribution is 2.34. The molecule has 2 atom stereocenters. The Morgan fingerprint density at radius 1 is 1.39 bits per heavy atom. The lowest BCUT2D eigenvalue weighted by Gasteiger charge is -2.26. The maximum atomic E-state index is 11.9. The molecule has 120 valence electrons. The minimum absolute atomic E-state index is 0.116. The molecule has 6 heteroatoms. The van der Waals surface area contributed by atoms with Gasteiger partial charge in [-0.1, -0.05) is 12.1 Å². The van der Waals surface area contributed by atoms with Gasteiger partial charge in [0.2, 0.25) is 5.91 Å². The van der Waals surface area contributed by atoms with E-state index in [1.165, 1.54) is 13.0 Å². The zero-order chi connectivity index (χ0) is 16.8. The number of carbonyl (C=O) groups excluding carboxylic acids is 2. The van der Waals surface area contributed by atoms with Crippen molar-refractivity contribution in [1.82, 2.24) is 0 Å². The fraction of sp³-hybridized carbons (Fsp3) is 0.353. The molecule has 6 nitrogen and oxygen atoms in total. The summed E-state index contributed by atoms with van der Waals surface area (Å²) in [4.78, 5) is 23.0. The molecule has 1 heterocycles. The molecule has 0 bridgehead atoms. The lowest BCUT2D eigenvalue weighted by molar-refractivity contribution is -0.148. The van der Waals surface area contributed by atoms with Gasteiger partial charge in [0.15, 0.2) is 5.76 Å². The van der Waals surface area contributed by atoms with Gasteiger partial charge < -0.3 is 14.8 Å². The summed E-state index contributed by atoms with van der Waals surface area (Å²) in [5, 5.41) is 11.8. The smallest absolute Gasteiger partial charge is 0.313 e. The van der Waals surface area contributed by atoms with Gasteiger partial charge in [0.25, 0.3) is 0 Å². The van der Waals surface area contributed by atoms with Gasteiger partial charge in [0.05, 0.1) is 12.5 Å². The molecule has 1 amide bonds. The Morgan fingerprint density at radius 2 is 2.09 bits per heavy atom. The fourth-order valence-electron chi connectivity index (χ4n) is 2.39. The summed E-state index contributed by atoms with van der Waals surface area (Å²) in [7, 11) is 0. The van der Waals surface area contributed by atoms with E-state index >= 15 is 0 Å². The number of benzene rings is 1. The first-order chi connectivity index (χ1) is 11.0. The maximum Gasteiger partial charge on any atom is 0.313 e. The second-order valence-corrected chi connectivity index (χ2v) is 5.15. The van der Waals surface area contributed by atoms with Gasteiger partial charge in [-0.15, -0.1) is 0 Å². The third kappa shape index (κ3) is 4.33. The largest absolute Gasteiger partial charge is 0.476 e. The van der Waals surface area contributed by atoms with Gasteiger partial charge >= 0.3 is 5.97 Å². The topological polar surface area (TPSA) is 88.4 Å². The Balaban J connectivity index is 2.16. The summed E-state index contributed by atoms with van der Waals surface area (Å²) in [6.45, 7) is 3.47. The summed E-state index contributed by atoms with van der Waals surface area (Å²) in [5.41, 5.74) is 1.50. The van der Waals surface area contributed by atoms with Crippen LogP contribution in [0.2, 0.25) is 0 Å². The second-order valence-electron chi connectivity index (χ2n) is 5.15. The van der Waals surface area contributed by atoms with Crippen molar-refractivity contribution in [2.45, 2.75) is 26.4 Å². The van der Waals surface area contributed by atoms with Crippen LogP contribution >= 0.6 is 0 Å². The predicted molar refractivity (Wildman–Crippen MR) is 83.0 cm³/mol.